The molecule has 1 aromatic rings. The van der Waals surface area contributed by atoms with Crippen LogP contribution in [0.25, 0.3) is 0 Å². The average Bonchev–Trinajstić information content (AvgIpc) is 2.13. The first-order chi connectivity index (χ1) is 6.07. The number of ether oxygens (including phenoxy) is 1. The number of hydrogen-bond acceptors (Lipinski definition) is 3. The summed E-state index contributed by atoms with van der Waals surface area (Å²) in [6.45, 7) is 0. The fraction of sp³-hybridized carbons (Fsp3) is 0.125. The third-order valence-electron chi connectivity index (χ3n) is 1.47. The molecule has 13 heavy (non-hydrogen) atoms. The van der Waals surface area contributed by atoms with Crippen LogP contribution in [0.5, 0.6) is 5.75 Å². The summed E-state index contributed by atoms with van der Waals surface area (Å²) in [5.41, 5.74) is 0.0396. The zero-order valence-electron chi connectivity index (χ0n) is 6.67. The van der Waals surface area contributed by atoms with Crippen molar-refractivity contribution in [2.45, 2.75) is 0 Å². The van der Waals surface area contributed by atoms with E-state index >= 15 is 0 Å². The molecule has 0 aromatic heterocycles. The highest BCUT2D eigenvalue weighted by Gasteiger charge is 2.16. The zero-order chi connectivity index (χ0) is 10.0. The van der Waals surface area contributed by atoms with Gasteiger partial charge in [-0.2, -0.15) is 0 Å². The van der Waals surface area contributed by atoms with Gasteiger partial charge in [-0.05, 0) is 28.1 Å². The highest BCUT2D eigenvalue weighted by molar-refractivity contribution is 9.10. The number of phenolic OH excluding ortho intramolecular Hbond substituents is 1. The number of carbonyl (C=O) groups excluding carboxylic acids is 1. The van der Waals surface area contributed by atoms with E-state index in [1.54, 1.807) is 0 Å². The lowest BCUT2D eigenvalue weighted by Crippen LogP contribution is -2.03. The molecule has 0 unspecified atom stereocenters. The minimum Gasteiger partial charge on any atom is -0.505 e. The van der Waals surface area contributed by atoms with Crippen LogP contribution in [0, 0.1) is 5.82 Å². The van der Waals surface area contributed by atoms with Gasteiger partial charge in [-0.25, -0.2) is 9.18 Å². The van der Waals surface area contributed by atoms with E-state index in [1.807, 2.05) is 0 Å². The lowest BCUT2D eigenvalue weighted by molar-refractivity contribution is 0.0599. The normalized spacial score (nSPS) is 9.77. The molecule has 3 nitrogen and oxygen atoms in total. The van der Waals surface area contributed by atoms with Crippen LogP contribution in [0.3, 0.4) is 0 Å². The molecule has 0 aliphatic heterocycles. The van der Waals surface area contributed by atoms with Gasteiger partial charge in [0.25, 0.3) is 0 Å². The summed E-state index contributed by atoms with van der Waals surface area (Å²) in [5.74, 6) is -2.05. The Kier molecular flexibility index (Phi) is 2.87. The van der Waals surface area contributed by atoms with Crippen LogP contribution in [0.15, 0.2) is 16.6 Å². The van der Waals surface area contributed by atoms with Gasteiger partial charge in [0, 0.05) is 0 Å². The van der Waals surface area contributed by atoms with Crippen molar-refractivity contribution in [3.63, 3.8) is 0 Å². The van der Waals surface area contributed by atoms with Crippen LogP contribution in [-0.2, 0) is 4.74 Å². The van der Waals surface area contributed by atoms with Crippen LogP contribution in [0.4, 0.5) is 4.39 Å². The summed E-state index contributed by atoms with van der Waals surface area (Å²) in [5, 5.41) is 8.92. The molecule has 0 saturated heterocycles. The maximum Gasteiger partial charge on any atom is 0.339 e. The number of carbonyl (C=O) groups is 1. The van der Waals surface area contributed by atoms with Gasteiger partial charge in [-0.3, -0.25) is 0 Å². The molecule has 0 radical (unpaired) electrons. The maximum atomic E-state index is 13.0. The predicted molar refractivity (Wildman–Crippen MR) is 47.1 cm³/mol. The lowest BCUT2D eigenvalue weighted by Gasteiger charge is -2.03. The van der Waals surface area contributed by atoms with Gasteiger partial charge < -0.3 is 9.84 Å². The van der Waals surface area contributed by atoms with Crippen LogP contribution in [0.1, 0.15) is 10.4 Å². The summed E-state index contributed by atoms with van der Waals surface area (Å²) in [7, 11) is 1.19. The first kappa shape index (κ1) is 9.98. The molecule has 1 N–H and O–H groups in total. The first-order valence-corrected chi connectivity index (χ1v) is 4.12. The molecule has 0 saturated carbocycles. The number of benzene rings is 1. The van der Waals surface area contributed by atoms with Gasteiger partial charge in [-0.15, -0.1) is 0 Å². The maximum absolute atomic E-state index is 13.0. The lowest BCUT2D eigenvalue weighted by atomic mass is 10.2. The van der Waals surface area contributed by atoms with E-state index < -0.39 is 17.5 Å². The fourth-order valence-corrected chi connectivity index (χ4v) is 1.30. The molecule has 5 heteroatoms. The standard InChI is InChI=1S/C8H6BrFO3/c1-13-8(12)4-2-3-5(11)7(10)6(4)9/h2-3,11H,1H3. The first-order valence-electron chi connectivity index (χ1n) is 3.33. The summed E-state index contributed by atoms with van der Waals surface area (Å²) < 4.78 is 17.3. The van der Waals surface area contributed by atoms with E-state index in [2.05, 4.69) is 20.7 Å². The number of methoxy groups -OCH3 is 1. The summed E-state index contributed by atoms with van der Waals surface area (Å²) >= 11 is 2.84. The third-order valence-corrected chi connectivity index (χ3v) is 2.24. The number of rotatable bonds is 1. The number of halogens is 2. The van der Waals surface area contributed by atoms with Crippen molar-refractivity contribution < 1.29 is 19.0 Å². The molecule has 0 fully saturated rings. The van der Waals surface area contributed by atoms with Gasteiger partial charge >= 0.3 is 5.97 Å². The molecular formula is C8H6BrFO3. The molecule has 70 valence electrons. The summed E-state index contributed by atoms with van der Waals surface area (Å²) in [4.78, 5) is 11.0. The quantitative estimate of drug-likeness (QED) is 0.775. The van der Waals surface area contributed by atoms with Crippen molar-refractivity contribution in [3.8, 4) is 5.75 Å². The number of hydrogen-bond donors (Lipinski definition) is 1. The molecule has 0 atom stereocenters. The minimum atomic E-state index is -0.872. The Hall–Kier alpha value is -1.10. The topological polar surface area (TPSA) is 46.5 Å². The zero-order valence-corrected chi connectivity index (χ0v) is 8.26. The summed E-state index contributed by atoms with van der Waals surface area (Å²) in [6.07, 6.45) is 0. The number of aromatic hydroxyl groups is 1. The number of esters is 1. The monoisotopic (exact) mass is 248 g/mol. The Labute approximate surface area is 82.3 Å². The van der Waals surface area contributed by atoms with Crippen molar-refractivity contribution in [1.82, 2.24) is 0 Å². The fourth-order valence-electron chi connectivity index (χ4n) is 0.807. The second-order valence-electron chi connectivity index (χ2n) is 2.25. The SMILES string of the molecule is COC(=O)c1ccc(O)c(F)c1Br. The smallest absolute Gasteiger partial charge is 0.339 e. The molecular weight excluding hydrogens is 243 g/mol. The molecule has 0 bridgehead atoms. The van der Waals surface area contributed by atoms with Gasteiger partial charge in [-0.1, -0.05) is 0 Å². The molecule has 1 rings (SSSR count). The molecule has 0 spiro atoms. The van der Waals surface area contributed by atoms with Gasteiger partial charge in [0.1, 0.15) is 0 Å². The second-order valence-corrected chi connectivity index (χ2v) is 3.04. The summed E-state index contributed by atoms with van der Waals surface area (Å²) in [6, 6.07) is 2.36. The van der Waals surface area contributed by atoms with Crippen molar-refractivity contribution in [1.29, 1.82) is 0 Å². The van der Waals surface area contributed by atoms with Crippen molar-refractivity contribution in [3.05, 3.63) is 28.0 Å². The van der Waals surface area contributed by atoms with Crippen LogP contribution in [0.2, 0.25) is 0 Å². The van der Waals surface area contributed by atoms with Crippen molar-refractivity contribution in [2.24, 2.45) is 0 Å². The third kappa shape index (κ3) is 1.80. The van der Waals surface area contributed by atoms with Gasteiger partial charge in [0.05, 0.1) is 17.1 Å². The number of phenols is 1. The van der Waals surface area contributed by atoms with Crippen molar-refractivity contribution in [2.75, 3.05) is 7.11 Å². The van der Waals surface area contributed by atoms with E-state index in [0.29, 0.717) is 0 Å². The highest BCUT2D eigenvalue weighted by atomic mass is 79.9. The molecule has 0 aliphatic rings. The Balaban J connectivity index is 3.26. The molecule has 0 heterocycles. The molecule has 0 aliphatic carbocycles. The predicted octanol–water partition coefficient (Wildman–Crippen LogP) is 2.08. The molecule has 1 aromatic carbocycles. The van der Waals surface area contributed by atoms with E-state index in [1.165, 1.54) is 13.2 Å². The van der Waals surface area contributed by atoms with Crippen LogP contribution < -0.4 is 0 Å². The Bertz CT molecular complexity index is 351. The Morgan fingerprint density at radius 3 is 2.77 bits per heavy atom. The highest BCUT2D eigenvalue weighted by Crippen LogP contribution is 2.27. The van der Waals surface area contributed by atoms with Crippen LogP contribution in [-0.4, -0.2) is 18.2 Å². The Morgan fingerprint density at radius 1 is 1.62 bits per heavy atom. The van der Waals surface area contributed by atoms with Gasteiger partial charge in [0.15, 0.2) is 11.6 Å². The van der Waals surface area contributed by atoms with E-state index in [4.69, 9.17) is 5.11 Å². The minimum absolute atomic E-state index is 0.0396. The van der Waals surface area contributed by atoms with E-state index in [-0.39, 0.29) is 10.0 Å². The largest absolute Gasteiger partial charge is 0.505 e. The van der Waals surface area contributed by atoms with Crippen LogP contribution >= 0.6 is 15.9 Å². The Morgan fingerprint density at radius 2 is 2.23 bits per heavy atom. The second kappa shape index (κ2) is 3.74. The van der Waals surface area contributed by atoms with Crippen molar-refractivity contribution >= 4 is 21.9 Å². The van der Waals surface area contributed by atoms with Gasteiger partial charge in [0.2, 0.25) is 0 Å². The van der Waals surface area contributed by atoms with E-state index in [9.17, 15) is 9.18 Å². The average molecular weight is 249 g/mol. The van der Waals surface area contributed by atoms with E-state index in [0.717, 1.165) is 6.07 Å². The molecule has 0 amide bonds.